The normalized spacial score (nSPS) is 26.4. The molecule has 1 N–H and O–H groups in total. The average molecular weight is 643 g/mol. The van der Waals surface area contributed by atoms with Crippen LogP contribution in [0.3, 0.4) is 0 Å². The van der Waals surface area contributed by atoms with Crippen LogP contribution in [0.1, 0.15) is 32.1 Å². The molecule has 3 heterocycles. The van der Waals surface area contributed by atoms with E-state index in [-0.39, 0.29) is 37.3 Å². The summed E-state index contributed by atoms with van der Waals surface area (Å²) in [6.45, 7) is -0.187. The summed E-state index contributed by atoms with van der Waals surface area (Å²) in [5.41, 5.74) is 0. The lowest BCUT2D eigenvalue weighted by Gasteiger charge is -2.12. The minimum atomic E-state index is -0.532. The molecule has 0 amide bonds. The van der Waals surface area contributed by atoms with Gasteiger partial charge in [0.15, 0.2) is 5.78 Å². The number of ether oxygens (including phenoxy) is 5. The van der Waals surface area contributed by atoms with Crippen molar-refractivity contribution in [3.8, 4) is 0 Å². The van der Waals surface area contributed by atoms with Crippen molar-refractivity contribution in [2.45, 2.75) is 56.5 Å². The number of aliphatic hydroxyl groups excluding tert-OH is 1. The number of hydrogen-bond acceptors (Lipinski definition) is 13. The molecule has 0 saturated carbocycles. The number of allylic oxidation sites excluding steroid dienone is 4. The largest absolute Gasteiger partial charge is 0.471 e. The van der Waals surface area contributed by atoms with Gasteiger partial charge in [0.2, 0.25) is 8.77 Å². The lowest BCUT2D eigenvalue weighted by atomic mass is 9.94. The molecule has 224 valence electrons. The van der Waals surface area contributed by atoms with Gasteiger partial charge in [-0.25, -0.2) is 9.59 Å². The summed E-state index contributed by atoms with van der Waals surface area (Å²) in [5.74, 6) is -0.164. The van der Waals surface area contributed by atoms with Crippen LogP contribution >= 0.6 is 48.0 Å². The van der Waals surface area contributed by atoms with Crippen LogP contribution in [0.5, 0.6) is 0 Å². The molecule has 0 bridgehead atoms. The molecule has 5 unspecified atom stereocenters. The minimum Gasteiger partial charge on any atom is -0.471 e. The summed E-state index contributed by atoms with van der Waals surface area (Å²) in [7, 11) is 0. The van der Waals surface area contributed by atoms with Crippen LogP contribution in [-0.2, 0) is 38.1 Å². The second-order valence-electron chi connectivity index (χ2n) is 9.28. The molecule has 3 saturated heterocycles. The van der Waals surface area contributed by atoms with Crippen molar-refractivity contribution < 1.29 is 43.2 Å². The second kappa shape index (κ2) is 18.5. The van der Waals surface area contributed by atoms with E-state index in [0.717, 1.165) is 0 Å². The van der Waals surface area contributed by atoms with Gasteiger partial charge in [-0.3, -0.25) is 4.79 Å². The summed E-state index contributed by atoms with van der Waals surface area (Å²) in [4.78, 5) is 35.9. The van der Waals surface area contributed by atoms with E-state index in [2.05, 4.69) is 0 Å². The first-order chi connectivity index (χ1) is 19.8. The summed E-state index contributed by atoms with van der Waals surface area (Å²) in [6.07, 6.45) is 15.9. The van der Waals surface area contributed by atoms with Gasteiger partial charge in [-0.1, -0.05) is 60.0 Å². The van der Waals surface area contributed by atoms with Crippen LogP contribution < -0.4 is 0 Å². The Kier molecular flexibility index (Phi) is 15.1. The summed E-state index contributed by atoms with van der Waals surface area (Å²) in [5, 5.41) is 9.37. The van der Waals surface area contributed by atoms with Gasteiger partial charge in [0.05, 0.1) is 18.1 Å². The molecule has 0 spiro atoms. The Bertz CT molecular complexity index is 1060. The zero-order chi connectivity index (χ0) is 29.5. The van der Waals surface area contributed by atoms with E-state index < -0.39 is 30.6 Å². The highest BCUT2D eigenvalue weighted by Crippen LogP contribution is 2.29. The quantitative estimate of drug-likeness (QED) is 0.0859. The maximum atomic E-state index is 12.3. The summed E-state index contributed by atoms with van der Waals surface area (Å²) >= 11 is 12.7. The number of carbonyl (C=O) groups excluding carboxylic acids is 3. The lowest BCUT2D eigenvalue weighted by molar-refractivity contribution is -0.140. The number of ketones is 1. The Labute approximate surface area is 259 Å². The van der Waals surface area contributed by atoms with Gasteiger partial charge in [-0.05, 0) is 56.5 Å². The van der Waals surface area contributed by atoms with Gasteiger partial charge in [0.1, 0.15) is 32.0 Å². The highest BCUT2D eigenvalue weighted by atomic mass is 32.2. The molecule has 0 radical (unpaired) electrons. The Morgan fingerprint density at radius 2 is 1.34 bits per heavy atom. The van der Waals surface area contributed by atoms with Crippen LogP contribution in [0.4, 0.5) is 0 Å². The zero-order valence-corrected chi connectivity index (χ0v) is 25.7. The second-order valence-corrected chi connectivity index (χ2v) is 12.5. The van der Waals surface area contributed by atoms with E-state index in [1.54, 1.807) is 12.2 Å². The average Bonchev–Trinajstić information content (AvgIpc) is 3.69. The number of esters is 2. The monoisotopic (exact) mass is 642 g/mol. The smallest absolute Gasteiger partial charge is 0.330 e. The number of aliphatic hydroxyl groups is 1. The predicted octanol–water partition coefficient (Wildman–Crippen LogP) is 4.03. The van der Waals surface area contributed by atoms with E-state index in [0.29, 0.717) is 52.4 Å². The van der Waals surface area contributed by atoms with Crippen molar-refractivity contribution in [2.75, 3.05) is 31.3 Å². The molecule has 3 fully saturated rings. The molecule has 5 atom stereocenters. The number of hydrogen-bond donors (Lipinski definition) is 1. The van der Waals surface area contributed by atoms with Gasteiger partial charge < -0.3 is 28.8 Å². The van der Waals surface area contributed by atoms with Crippen LogP contribution in [0.15, 0.2) is 48.6 Å². The third kappa shape index (κ3) is 12.8. The van der Waals surface area contributed by atoms with Gasteiger partial charge in [-0.2, -0.15) is 0 Å². The van der Waals surface area contributed by atoms with Crippen molar-refractivity contribution in [1.29, 1.82) is 0 Å². The Morgan fingerprint density at radius 1 is 0.829 bits per heavy atom. The molecule has 13 heteroatoms. The standard InChI is InChI=1S/C28H34O9S4/c29-14-23(30)22-13-19(9-5-1-3-7-11-25(31)33-15-20-17-40-27(38)36-20)35-24(22)10-6-2-4-8-12-26(32)34-16-21-18-41-28(39)37-21/h5-12,19-22,24,29H,1-4,13-18H2/b9-5+,10-6+,11-7+,12-8+. The van der Waals surface area contributed by atoms with E-state index >= 15 is 0 Å². The van der Waals surface area contributed by atoms with E-state index in [1.807, 2.05) is 24.3 Å². The molecular weight excluding hydrogens is 609 g/mol. The van der Waals surface area contributed by atoms with E-state index in [4.69, 9.17) is 48.1 Å². The van der Waals surface area contributed by atoms with Gasteiger partial charge in [0.25, 0.3) is 0 Å². The number of carbonyl (C=O) groups is 3. The molecular formula is C28H34O9S4. The lowest BCUT2D eigenvalue weighted by Crippen LogP contribution is -2.24. The Hall–Kier alpha value is -2.03. The summed E-state index contributed by atoms with van der Waals surface area (Å²) in [6, 6.07) is 0. The fourth-order valence-corrected chi connectivity index (χ4v) is 6.10. The van der Waals surface area contributed by atoms with Crippen molar-refractivity contribution in [1.82, 2.24) is 0 Å². The Balaban J connectivity index is 1.31. The molecule has 3 aliphatic rings. The molecule has 0 aromatic heterocycles. The minimum absolute atomic E-state index is 0.169. The topological polar surface area (TPSA) is 118 Å². The fourth-order valence-electron chi connectivity index (χ4n) is 4.04. The first-order valence-electron chi connectivity index (χ1n) is 13.3. The number of unbranched alkanes of at least 4 members (excludes halogenated alkanes) is 2. The fraction of sp³-hybridized carbons (Fsp3) is 0.536. The third-order valence-corrected chi connectivity index (χ3v) is 8.73. The van der Waals surface area contributed by atoms with Gasteiger partial charge in [-0.15, -0.1) is 0 Å². The van der Waals surface area contributed by atoms with Crippen LogP contribution in [0.25, 0.3) is 0 Å². The molecule has 0 aromatic rings. The first kappa shape index (κ1) is 33.5. The van der Waals surface area contributed by atoms with Crippen molar-refractivity contribution in [3.63, 3.8) is 0 Å². The molecule has 0 aliphatic carbocycles. The molecule has 0 aromatic carbocycles. The zero-order valence-electron chi connectivity index (χ0n) is 22.4. The SMILES string of the molecule is O=C(/C=C/CC/C=C/C1CC(C(=O)CO)C(/C=C/CC/C=C/C(=O)OCC2CSC(=S)O2)O1)OCC1CSC(=S)O1. The number of Topliss-reactive ketones (excluding diaryl/α,β-unsaturated/α-hetero) is 1. The van der Waals surface area contributed by atoms with E-state index in [9.17, 15) is 19.5 Å². The molecule has 3 rings (SSSR count). The third-order valence-electron chi connectivity index (χ3n) is 6.09. The number of thioether (sulfide) groups is 2. The summed E-state index contributed by atoms with van der Waals surface area (Å²) < 4.78 is 28.0. The van der Waals surface area contributed by atoms with Gasteiger partial charge >= 0.3 is 11.9 Å². The number of rotatable bonds is 16. The van der Waals surface area contributed by atoms with Crippen molar-refractivity contribution >= 4 is 74.4 Å². The molecule has 3 aliphatic heterocycles. The predicted molar refractivity (Wildman–Crippen MR) is 166 cm³/mol. The maximum absolute atomic E-state index is 12.3. The van der Waals surface area contributed by atoms with Crippen molar-refractivity contribution in [3.05, 3.63) is 48.6 Å². The van der Waals surface area contributed by atoms with Gasteiger partial charge in [0, 0.05) is 23.7 Å². The van der Waals surface area contributed by atoms with Crippen LogP contribution in [0.2, 0.25) is 0 Å². The highest BCUT2D eigenvalue weighted by Gasteiger charge is 2.36. The molecule has 41 heavy (non-hydrogen) atoms. The number of thiocarbonyl (C=S) groups is 2. The first-order valence-corrected chi connectivity index (χ1v) is 16.1. The maximum Gasteiger partial charge on any atom is 0.330 e. The highest BCUT2D eigenvalue weighted by molar-refractivity contribution is 8.23. The Morgan fingerprint density at radius 3 is 1.83 bits per heavy atom. The van der Waals surface area contributed by atoms with Crippen LogP contribution in [0, 0.1) is 5.92 Å². The van der Waals surface area contributed by atoms with E-state index in [1.165, 1.54) is 35.7 Å². The molecule has 9 nitrogen and oxygen atoms in total. The van der Waals surface area contributed by atoms with Crippen LogP contribution in [-0.4, -0.2) is 87.3 Å². The van der Waals surface area contributed by atoms with Crippen molar-refractivity contribution in [2.24, 2.45) is 5.92 Å².